The summed E-state index contributed by atoms with van der Waals surface area (Å²) in [7, 11) is 0. The standard InChI is InChI=1S/C11H21N3O2S/c1-5-14(7-11(3,4)15)10-8(16-6-2)9(12)13-17-10/h15H,5-7H2,1-4H3,(H2,12,13). The van der Waals surface area contributed by atoms with E-state index in [0.717, 1.165) is 11.5 Å². The highest BCUT2D eigenvalue weighted by atomic mass is 32.1. The third-order valence-corrected chi connectivity index (χ3v) is 3.10. The predicted octanol–water partition coefficient (Wildman–Crippen LogP) is 1.72. The van der Waals surface area contributed by atoms with Crippen LogP contribution in [0.5, 0.6) is 5.75 Å². The van der Waals surface area contributed by atoms with Gasteiger partial charge in [-0.1, -0.05) is 0 Å². The molecule has 0 aliphatic rings. The fourth-order valence-corrected chi connectivity index (χ4v) is 2.38. The van der Waals surface area contributed by atoms with Crippen molar-refractivity contribution < 1.29 is 9.84 Å². The van der Waals surface area contributed by atoms with Gasteiger partial charge >= 0.3 is 0 Å². The number of hydrogen-bond acceptors (Lipinski definition) is 6. The molecule has 0 unspecified atom stereocenters. The minimum Gasteiger partial charge on any atom is -0.487 e. The molecule has 0 bridgehead atoms. The lowest BCUT2D eigenvalue weighted by molar-refractivity contribution is 0.0876. The van der Waals surface area contributed by atoms with E-state index in [4.69, 9.17) is 10.5 Å². The van der Waals surface area contributed by atoms with E-state index in [1.807, 2.05) is 18.7 Å². The van der Waals surface area contributed by atoms with Gasteiger partial charge in [0.05, 0.1) is 12.2 Å². The Morgan fingerprint density at radius 3 is 2.59 bits per heavy atom. The molecule has 1 aromatic heterocycles. The molecule has 0 amide bonds. The second-order valence-corrected chi connectivity index (χ2v) is 5.21. The SMILES string of the molecule is CCOc1c(N)nsc1N(CC)CC(C)(C)O. The Morgan fingerprint density at radius 1 is 1.47 bits per heavy atom. The van der Waals surface area contributed by atoms with Crippen molar-refractivity contribution in [1.29, 1.82) is 0 Å². The number of nitrogen functional groups attached to an aromatic ring is 1. The van der Waals surface area contributed by atoms with Gasteiger partial charge in [0.2, 0.25) is 0 Å². The molecule has 0 saturated carbocycles. The minimum absolute atomic E-state index is 0.418. The molecule has 0 radical (unpaired) electrons. The molecule has 0 spiro atoms. The summed E-state index contributed by atoms with van der Waals surface area (Å²) in [6, 6.07) is 0. The van der Waals surface area contributed by atoms with Gasteiger partial charge in [0.1, 0.15) is 0 Å². The molecule has 1 heterocycles. The molecule has 0 atom stereocenters. The van der Waals surface area contributed by atoms with Crippen LogP contribution in [-0.4, -0.2) is 34.8 Å². The number of rotatable bonds is 6. The molecule has 0 aromatic carbocycles. The molecule has 0 fully saturated rings. The fraction of sp³-hybridized carbons (Fsp3) is 0.727. The molecule has 6 heteroatoms. The van der Waals surface area contributed by atoms with Crippen molar-refractivity contribution >= 4 is 22.4 Å². The number of aromatic nitrogens is 1. The van der Waals surface area contributed by atoms with Gasteiger partial charge in [-0.05, 0) is 39.2 Å². The molecular formula is C11H21N3O2S. The summed E-state index contributed by atoms with van der Waals surface area (Å²) >= 11 is 1.30. The minimum atomic E-state index is -0.766. The molecule has 1 aromatic rings. The molecular weight excluding hydrogens is 238 g/mol. The quantitative estimate of drug-likeness (QED) is 0.814. The van der Waals surface area contributed by atoms with Crippen molar-refractivity contribution in [3.8, 4) is 5.75 Å². The Balaban J connectivity index is 2.95. The zero-order chi connectivity index (χ0) is 13.1. The molecule has 98 valence electrons. The smallest absolute Gasteiger partial charge is 0.197 e. The highest BCUT2D eigenvalue weighted by Gasteiger charge is 2.23. The van der Waals surface area contributed by atoms with E-state index in [-0.39, 0.29) is 0 Å². The van der Waals surface area contributed by atoms with Crippen molar-refractivity contribution in [3.63, 3.8) is 0 Å². The zero-order valence-electron chi connectivity index (χ0n) is 10.9. The molecule has 5 nitrogen and oxygen atoms in total. The highest BCUT2D eigenvalue weighted by Crippen LogP contribution is 2.38. The number of nitrogens with zero attached hydrogens (tertiary/aromatic N) is 2. The summed E-state index contributed by atoms with van der Waals surface area (Å²) in [5, 5.41) is 10.8. The summed E-state index contributed by atoms with van der Waals surface area (Å²) in [6.07, 6.45) is 0. The number of likely N-dealkylation sites (N-methyl/N-ethyl adjacent to an activating group) is 1. The summed E-state index contributed by atoms with van der Waals surface area (Å²) in [6.45, 7) is 9.33. The normalized spacial score (nSPS) is 11.6. The Bertz CT molecular complexity index is 360. The summed E-state index contributed by atoms with van der Waals surface area (Å²) in [5.74, 6) is 1.05. The predicted molar refractivity (Wildman–Crippen MR) is 71.9 cm³/mol. The van der Waals surface area contributed by atoms with E-state index in [0.29, 0.717) is 24.7 Å². The number of nitrogens with two attached hydrogens (primary N) is 1. The second kappa shape index (κ2) is 5.55. The number of hydrogen-bond donors (Lipinski definition) is 2. The molecule has 3 N–H and O–H groups in total. The Morgan fingerprint density at radius 2 is 2.12 bits per heavy atom. The van der Waals surface area contributed by atoms with Gasteiger partial charge in [-0.25, -0.2) is 0 Å². The van der Waals surface area contributed by atoms with E-state index in [1.165, 1.54) is 11.5 Å². The van der Waals surface area contributed by atoms with Gasteiger partial charge in [0.25, 0.3) is 0 Å². The third kappa shape index (κ3) is 3.74. The Kier molecular flexibility index (Phi) is 4.59. The van der Waals surface area contributed by atoms with Gasteiger partial charge in [-0.2, -0.15) is 4.37 Å². The number of anilines is 2. The van der Waals surface area contributed by atoms with Gasteiger partial charge in [0.15, 0.2) is 16.6 Å². The summed E-state index contributed by atoms with van der Waals surface area (Å²) < 4.78 is 9.61. The molecule has 1 rings (SSSR count). The van der Waals surface area contributed by atoms with E-state index in [9.17, 15) is 5.11 Å². The Hall–Kier alpha value is -1.01. The molecule has 0 saturated heterocycles. The first-order chi connectivity index (χ1) is 7.89. The topological polar surface area (TPSA) is 71.6 Å². The first-order valence-electron chi connectivity index (χ1n) is 5.74. The molecule has 17 heavy (non-hydrogen) atoms. The third-order valence-electron chi connectivity index (χ3n) is 2.19. The van der Waals surface area contributed by atoms with Gasteiger partial charge in [0, 0.05) is 13.1 Å². The van der Waals surface area contributed by atoms with E-state index >= 15 is 0 Å². The van der Waals surface area contributed by atoms with Crippen LogP contribution in [0.2, 0.25) is 0 Å². The lowest BCUT2D eigenvalue weighted by atomic mass is 10.1. The van der Waals surface area contributed by atoms with Crippen LogP contribution in [0.3, 0.4) is 0 Å². The van der Waals surface area contributed by atoms with Crippen LogP contribution in [0.1, 0.15) is 27.7 Å². The maximum atomic E-state index is 9.88. The van der Waals surface area contributed by atoms with E-state index < -0.39 is 5.60 Å². The largest absolute Gasteiger partial charge is 0.487 e. The van der Waals surface area contributed by atoms with Crippen LogP contribution in [0, 0.1) is 0 Å². The summed E-state index contributed by atoms with van der Waals surface area (Å²) in [4.78, 5) is 2.03. The van der Waals surface area contributed by atoms with Gasteiger partial charge < -0.3 is 20.5 Å². The number of aliphatic hydroxyl groups is 1. The van der Waals surface area contributed by atoms with Crippen LogP contribution >= 0.6 is 11.5 Å². The lowest BCUT2D eigenvalue weighted by Crippen LogP contribution is -2.38. The van der Waals surface area contributed by atoms with Crippen LogP contribution in [0.15, 0.2) is 0 Å². The molecule has 0 aliphatic carbocycles. The van der Waals surface area contributed by atoms with Crippen molar-refractivity contribution in [2.24, 2.45) is 0 Å². The first kappa shape index (κ1) is 14.1. The van der Waals surface area contributed by atoms with Crippen molar-refractivity contribution in [1.82, 2.24) is 4.37 Å². The average Bonchev–Trinajstić information content (AvgIpc) is 2.57. The van der Waals surface area contributed by atoms with Crippen LogP contribution < -0.4 is 15.4 Å². The summed E-state index contributed by atoms with van der Waals surface area (Å²) in [5.41, 5.74) is 5.00. The second-order valence-electron chi connectivity index (χ2n) is 4.46. The monoisotopic (exact) mass is 259 g/mol. The fourth-order valence-electron chi connectivity index (χ4n) is 1.56. The van der Waals surface area contributed by atoms with Crippen molar-refractivity contribution in [3.05, 3.63) is 0 Å². The van der Waals surface area contributed by atoms with Crippen LogP contribution in [0.4, 0.5) is 10.8 Å². The maximum absolute atomic E-state index is 9.88. The maximum Gasteiger partial charge on any atom is 0.197 e. The first-order valence-corrected chi connectivity index (χ1v) is 6.51. The van der Waals surface area contributed by atoms with E-state index in [1.54, 1.807) is 13.8 Å². The average molecular weight is 259 g/mol. The van der Waals surface area contributed by atoms with Crippen molar-refractivity contribution in [2.45, 2.75) is 33.3 Å². The lowest BCUT2D eigenvalue weighted by Gasteiger charge is -2.28. The van der Waals surface area contributed by atoms with Gasteiger partial charge in [-0.15, -0.1) is 0 Å². The zero-order valence-corrected chi connectivity index (χ0v) is 11.7. The highest BCUT2D eigenvalue weighted by molar-refractivity contribution is 7.11. The van der Waals surface area contributed by atoms with Crippen LogP contribution in [0.25, 0.3) is 0 Å². The van der Waals surface area contributed by atoms with Crippen LogP contribution in [-0.2, 0) is 0 Å². The van der Waals surface area contributed by atoms with Gasteiger partial charge in [-0.3, -0.25) is 0 Å². The van der Waals surface area contributed by atoms with E-state index in [2.05, 4.69) is 4.37 Å². The molecule has 0 aliphatic heterocycles. The van der Waals surface area contributed by atoms with Crippen molar-refractivity contribution in [2.75, 3.05) is 30.3 Å². The number of ether oxygens (including phenoxy) is 1. The Labute approximate surface area is 106 Å².